The van der Waals surface area contributed by atoms with Crippen LogP contribution < -0.4 is 5.32 Å². The quantitative estimate of drug-likeness (QED) is 0.528. The number of nitrogens with zero attached hydrogens (tertiary/aromatic N) is 1. The average Bonchev–Trinajstić information content (AvgIpc) is 2.38. The highest BCUT2D eigenvalue weighted by Gasteiger charge is 2.25. The summed E-state index contributed by atoms with van der Waals surface area (Å²) < 4.78 is 4.88. The van der Waals surface area contributed by atoms with Gasteiger partial charge in [0, 0.05) is 19.6 Å². The van der Waals surface area contributed by atoms with Gasteiger partial charge in [-0.15, -0.1) is 0 Å². The van der Waals surface area contributed by atoms with Crippen molar-refractivity contribution in [1.29, 1.82) is 0 Å². The number of hydrogen-bond acceptors (Lipinski definition) is 4. The predicted molar refractivity (Wildman–Crippen MR) is 64.7 cm³/mol. The van der Waals surface area contributed by atoms with E-state index in [9.17, 15) is 9.59 Å². The molecule has 1 amide bonds. The molecule has 5 nitrogen and oxygen atoms in total. The van der Waals surface area contributed by atoms with E-state index in [-0.39, 0.29) is 17.9 Å². The Labute approximate surface area is 102 Å². The van der Waals surface area contributed by atoms with E-state index in [0.717, 1.165) is 32.2 Å². The Bertz CT molecular complexity index is 250. The topological polar surface area (TPSA) is 58.6 Å². The van der Waals surface area contributed by atoms with E-state index in [4.69, 9.17) is 4.74 Å². The highest BCUT2D eigenvalue weighted by Crippen LogP contribution is 2.16. The Morgan fingerprint density at radius 2 is 2.18 bits per heavy atom. The minimum Gasteiger partial charge on any atom is -0.383 e. The molecular weight excluding hydrogens is 220 g/mol. The second-order valence-corrected chi connectivity index (χ2v) is 4.47. The van der Waals surface area contributed by atoms with Gasteiger partial charge in [-0.3, -0.25) is 9.69 Å². The van der Waals surface area contributed by atoms with Crippen molar-refractivity contribution >= 4 is 12.2 Å². The van der Waals surface area contributed by atoms with E-state index in [0.29, 0.717) is 13.2 Å². The summed E-state index contributed by atoms with van der Waals surface area (Å²) >= 11 is 0. The van der Waals surface area contributed by atoms with Gasteiger partial charge < -0.3 is 14.8 Å². The van der Waals surface area contributed by atoms with Crippen LogP contribution in [0.5, 0.6) is 0 Å². The summed E-state index contributed by atoms with van der Waals surface area (Å²) in [5.41, 5.74) is 0. The molecule has 0 aromatic rings. The first-order valence-electron chi connectivity index (χ1n) is 6.15. The number of methoxy groups -OCH3 is 1. The average molecular weight is 242 g/mol. The number of amides is 1. The van der Waals surface area contributed by atoms with Crippen molar-refractivity contribution in [2.45, 2.75) is 25.8 Å². The third kappa shape index (κ3) is 4.44. The van der Waals surface area contributed by atoms with Gasteiger partial charge in [0.15, 0.2) is 0 Å². The Balaban J connectivity index is 2.29. The van der Waals surface area contributed by atoms with E-state index >= 15 is 0 Å². The minimum atomic E-state index is -0.126. The third-order valence-electron chi connectivity index (χ3n) is 3.30. The summed E-state index contributed by atoms with van der Waals surface area (Å²) in [6, 6.07) is -0.126. The lowest BCUT2D eigenvalue weighted by molar-refractivity contribution is -0.126. The first-order valence-corrected chi connectivity index (χ1v) is 6.15. The van der Waals surface area contributed by atoms with Gasteiger partial charge in [-0.25, -0.2) is 0 Å². The molecule has 5 heteroatoms. The number of likely N-dealkylation sites (tertiary alicyclic amines) is 1. The number of rotatable bonds is 6. The van der Waals surface area contributed by atoms with Gasteiger partial charge in [-0.2, -0.15) is 0 Å². The molecule has 1 atom stereocenters. The van der Waals surface area contributed by atoms with Crippen LogP contribution in [0.15, 0.2) is 0 Å². The molecule has 0 saturated carbocycles. The highest BCUT2D eigenvalue weighted by atomic mass is 16.5. The Hall–Kier alpha value is -0.940. The van der Waals surface area contributed by atoms with Crippen LogP contribution in [-0.2, 0) is 14.3 Å². The van der Waals surface area contributed by atoms with Gasteiger partial charge in [0.25, 0.3) is 0 Å². The third-order valence-corrected chi connectivity index (χ3v) is 3.30. The van der Waals surface area contributed by atoms with Crippen LogP contribution in [0.4, 0.5) is 0 Å². The molecule has 1 unspecified atom stereocenters. The lowest BCUT2D eigenvalue weighted by Crippen LogP contribution is -2.48. The molecule has 98 valence electrons. The van der Waals surface area contributed by atoms with Crippen LogP contribution in [-0.4, -0.2) is 56.5 Å². The molecule has 1 saturated heterocycles. The summed E-state index contributed by atoms with van der Waals surface area (Å²) in [4.78, 5) is 24.6. The zero-order valence-electron chi connectivity index (χ0n) is 10.6. The lowest BCUT2D eigenvalue weighted by Gasteiger charge is -2.33. The van der Waals surface area contributed by atoms with Gasteiger partial charge in [-0.05, 0) is 32.9 Å². The number of carbonyl (C=O) groups excluding carboxylic acids is 2. The maximum absolute atomic E-state index is 11.8. The summed E-state index contributed by atoms with van der Waals surface area (Å²) in [6.45, 7) is 4.63. The molecule has 1 fully saturated rings. The van der Waals surface area contributed by atoms with E-state index in [1.165, 1.54) is 0 Å². The van der Waals surface area contributed by atoms with Crippen molar-refractivity contribution in [2.75, 3.05) is 33.4 Å². The Morgan fingerprint density at radius 1 is 1.53 bits per heavy atom. The number of carbonyl (C=O) groups is 2. The Morgan fingerprint density at radius 3 is 2.71 bits per heavy atom. The number of hydrogen-bond donors (Lipinski definition) is 1. The molecule has 17 heavy (non-hydrogen) atoms. The van der Waals surface area contributed by atoms with Gasteiger partial charge in [0.05, 0.1) is 12.6 Å². The van der Waals surface area contributed by atoms with Crippen molar-refractivity contribution in [3.05, 3.63) is 0 Å². The zero-order valence-corrected chi connectivity index (χ0v) is 10.6. The number of nitrogens with one attached hydrogen (secondary N) is 1. The smallest absolute Gasteiger partial charge is 0.237 e. The summed E-state index contributed by atoms with van der Waals surface area (Å²) in [6.07, 6.45) is 2.75. The minimum absolute atomic E-state index is 0.0339. The molecule has 0 radical (unpaired) electrons. The summed E-state index contributed by atoms with van der Waals surface area (Å²) in [5, 5.41) is 2.83. The molecular formula is C12H22N2O3. The van der Waals surface area contributed by atoms with E-state index in [2.05, 4.69) is 10.2 Å². The summed E-state index contributed by atoms with van der Waals surface area (Å²) in [7, 11) is 1.61. The lowest BCUT2D eigenvalue weighted by atomic mass is 9.97. The van der Waals surface area contributed by atoms with Crippen LogP contribution in [0.25, 0.3) is 0 Å². The number of piperidine rings is 1. The van der Waals surface area contributed by atoms with Gasteiger partial charge in [0.2, 0.25) is 5.91 Å². The first kappa shape index (κ1) is 14.1. The summed E-state index contributed by atoms with van der Waals surface area (Å²) in [5.74, 6) is 0.210. The molecule has 0 bridgehead atoms. The van der Waals surface area contributed by atoms with Crippen LogP contribution in [0.2, 0.25) is 0 Å². The fourth-order valence-electron chi connectivity index (χ4n) is 2.03. The molecule has 1 rings (SSSR count). The monoisotopic (exact) mass is 242 g/mol. The van der Waals surface area contributed by atoms with Crippen LogP contribution in [0.3, 0.4) is 0 Å². The van der Waals surface area contributed by atoms with Gasteiger partial charge >= 0.3 is 0 Å². The molecule has 0 aromatic heterocycles. The van der Waals surface area contributed by atoms with E-state index in [1.807, 2.05) is 6.92 Å². The first-order chi connectivity index (χ1) is 8.19. The maximum Gasteiger partial charge on any atom is 0.237 e. The predicted octanol–water partition coefficient (Wildman–Crippen LogP) is 0.0484. The fraction of sp³-hybridized carbons (Fsp3) is 0.833. The fourth-order valence-corrected chi connectivity index (χ4v) is 2.03. The second-order valence-electron chi connectivity index (χ2n) is 4.47. The zero-order chi connectivity index (χ0) is 12.7. The molecule has 0 aromatic carbocycles. The van der Waals surface area contributed by atoms with E-state index in [1.54, 1.807) is 7.11 Å². The van der Waals surface area contributed by atoms with Crippen LogP contribution in [0, 0.1) is 5.92 Å². The molecule has 1 heterocycles. The van der Waals surface area contributed by atoms with Crippen molar-refractivity contribution < 1.29 is 14.3 Å². The normalized spacial score (nSPS) is 19.9. The van der Waals surface area contributed by atoms with Crippen molar-refractivity contribution in [2.24, 2.45) is 5.92 Å². The van der Waals surface area contributed by atoms with Gasteiger partial charge in [0.1, 0.15) is 6.29 Å². The molecule has 0 aliphatic carbocycles. The van der Waals surface area contributed by atoms with Crippen molar-refractivity contribution in [1.82, 2.24) is 10.2 Å². The van der Waals surface area contributed by atoms with Crippen LogP contribution in [0.1, 0.15) is 19.8 Å². The standard InChI is InChI=1S/C12H22N2O3/c1-10(12(16)13-5-8-17-2)14-6-3-11(9-15)4-7-14/h9-11H,3-8H2,1-2H3,(H,13,16). The molecule has 0 spiro atoms. The van der Waals surface area contributed by atoms with Crippen molar-refractivity contribution in [3.63, 3.8) is 0 Å². The SMILES string of the molecule is COCCNC(=O)C(C)N1CCC(C=O)CC1. The molecule has 1 N–H and O–H groups in total. The van der Waals surface area contributed by atoms with E-state index < -0.39 is 0 Å². The maximum atomic E-state index is 11.8. The molecule has 1 aliphatic heterocycles. The highest BCUT2D eigenvalue weighted by molar-refractivity contribution is 5.81. The molecule has 1 aliphatic rings. The van der Waals surface area contributed by atoms with Crippen LogP contribution >= 0.6 is 0 Å². The Kier molecular flexibility index (Phi) is 6.15. The largest absolute Gasteiger partial charge is 0.383 e. The number of ether oxygens (including phenoxy) is 1. The number of aldehydes is 1. The van der Waals surface area contributed by atoms with Crippen molar-refractivity contribution in [3.8, 4) is 0 Å². The van der Waals surface area contributed by atoms with Gasteiger partial charge in [-0.1, -0.05) is 0 Å². The second kappa shape index (κ2) is 7.40.